The molecule has 0 saturated heterocycles. The van der Waals surface area contributed by atoms with Gasteiger partial charge in [-0.25, -0.2) is 0 Å². The van der Waals surface area contributed by atoms with Gasteiger partial charge in [-0.05, 0) is 23.3 Å². The van der Waals surface area contributed by atoms with E-state index in [2.05, 4.69) is 20.7 Å². The summed E-state index contributed by atoms with van der Waals surface area (Å²) in [5, 5.41) is 26.0. The summed E-state index contributed by atoms with van der Waals surface area (Å²) in [5.74, 6) is -1.24. The van der Waals surface area contributed by atoms with Crippen molar-refractivity contribution in [2.24, 2.45) is 5.10 Å². The van der Waals surface area contributed by atoms with Gasteiger partial charge in [0.25, 0.3) is 5.91 Å². The number of hydrogen-bond donors (Lipinski definition) is 1. The molecule has 0 bridgehead atoms. The van der Waals surface area contributed by atoms with Gasteiger partial charge in [0.05, 0.1) is 6.21 Å². The molecule has 0 spiro atoms. The number of carbonyl (C=O) groups is 1. The van der Waals surface area contributed by atoms with Crippen molar-refractivity contribution in [2.75, 3.05) is 0 Å². The summed E-state index contributed by atoms with van der Waals surface area (Å²) in [6.07, 6.45) is 1.49. The molecule has 3 rings (SSSR count). The van der Waals surface area contributed by atoms with Crippen LogP contribution in [0.15, 0.2) is 59.7 Å². The van der Waals surface area contributed by atoms with Gasteiger partial charge < -0.3 is 10.4 Å². The van der Waals surface area contributed by atoms with Crippen LogP contribution in [0.1, 0.15) is 27.2 Å². The third-order valence-electron chi connectivity index (χ3n) is 3.52. The Kier molecular flexibility index (Phi) is 7.08. The summed E-state index contributed by atoms with van der Waals surface area (Å²) < 4.78 is 0. The van der Waals surface area contributed by atoms with Crippen LogP contribution < -0.4 is 40.0 Å². The van der Waals surface area contributed by atoms with Gasteiger partial charge in [0.15, 0.2) is 5.69 Å². The van der Waals surface area contributed by atoms with E-state index in [1.165, 1.54) is 6.21 Å². The second kappa shape index (κ2) is 9.28. The van der Waals surface area contributed by atoms with E-state index in [0.29, 0.717) is 6.54 Å². The second-order valence-corrected chi connectivity index (χ2v) is 5.46. The van der Waals surface area contributed by atoms with Gasteiger partial charge in [-0.2, -0.15) is 5.10 Å². The Labute approximate surface area is 173 Å². The molecule has 1 heterocycles. The average Bonchev–Trinajstić information content (AvgIpc) is 3.01. The first-order valence-electron chi connectivity index (χ1n) is 7.69. The SMILES string of the molecule is Cc1ccc(/C=N\n2nnc(C(=O)NCc3ccccc3)c2[O-])cc1.[Na+]. The van der Waals surface area contributed by atoms with Crippen molar-refractivity contribution in [2.45, 2.75) is 13.5 Å². The normalized spacial score (nSPS) is 10.5. The number of benzene rings is 2. The fourth-order valence-corrected chi connectivity index (χ4v) is 2.12. The minimum absolute atomic E-state index is 0. The van der Waals surface area contributed by atoms with Crippen LogP contribution in [0.3, 0.4) is 0 Å². The van der Waals surface area contributed by atoms with Crippen LogP contribution in [0, 0.1) is 6.92 Å². The molecule has 0 radical (unpaired) electrons. The van der Waals surface area contributed by atoms with Gasteiger partial charge in [0.1, 0.15) is 0 Å². The minimum atomic E-state index is -0.658. The summed E-state index contributed by atoms with van der Waals surface area (Å²) >= 11 is 0. The van der Waals surface area contributed by atoms with Crippen molar-refractivity contribution >= 4 is 12.1 Å². The van der Waals surface area contributed by atoms with Gasteiger partial charge in [-0.3, -0.25) is 4.79 Å². The minimum Gasteiger partial charge on any atom is -0.856 e. The Morgan fingerprint density at radius 1 is 1.19 bits per heavy atom. The monoisotopic (exact) mass is 357 g/mol. The van der Waals surface area contributed by atoms with E-state index in [0.717, 1.165) is 21.5 Å². The van der Waals surface area contributed by atoms with Crippen LogP contribution in [0.25, 0.3) is 0 Å². The third-order valence-corrected chi connectivity index (χ3v) is 3.52. The molecule has 1 N–H and O–H groups in total. The molecular formula is C18H16N5NaO2. The standard InChI is InChI=1S/C18H17N5O2.Na/c1-13-7-9-15(10-8-13)12-20-23-18(25)16(21-22-23)17(24)19-11-14-5-3-2-4-6-14;/h2-10,12,25H,11H2,1H3,(H,19,24);/q;+1/p-1/b20-12-;. The van der Waals surface area contributed by atoms with Gasteiger partial charge >= 0.3 is 29.6 Å². The maximum atomic E-state index is 12.2. The first kappa shape index (κ1) is 19.8. The first-order valence-corrected chi connectivity index (χ1v) is 7.69. The van der Waals surface area contributed by atoms with Crippen LogP contribution in [0.5, 0.6) is 5.88 Å². The summed E-state index contributed by atoms with van der Waals surface area (Å²) in [4.78, 5) is 12.9. The van der Waals surface area contributed by atoms with Crippen molar-refractivity contribution in [1.82, 2.24) is 20.4 Å². The summed E-state index contributed by atoms with van der Waals surface area (Å²) in [5.41, 5.74) is 2.58. The maximum absolute atomic E-state index is 12.2. The van der Waals surface area contributed by atoms with Crippen molar-refractivity contribution in [3.8, 4) is 5.88 Å². The molecule has 3 aromatic rings. The molecule has 26 heavy (non-hydrogen) atoms. The van der Waals surface area contributed by atoms with Gasteiger partial charge in [0.2, 0.25) is 0 Å². The van der Waals surface area contributed by atoms with Crippen molar-refractivity contribution in [3.63, 3.8) is 0 Å². The molecule has 1 aromatic heterocycles. The van der Waals surface area contributed by atoms with E-state index < -0.39 is 11.8 Å². The number of hydrogen-bond acceptors (Lipinski definition) is 5. The molecule has 8 heteroatoms. The van der Waals surface area contributed by atoms with Crippen LogP contribution >= 0.6 is 0 Å². The Balaban J connectivity index is 0.00000243. The number of carbonyl (C=O) groups excluding carboxylic acids is 1. The summed E-state index contributed by atoms with van der Waals surface area (Å²) in [6, 6.07) is 17.0. The van der Waals surface area contributed by atoms with Gasteiger partial charge in [-0.15, -0.1) is 9.89 Å². The Hall–Kier alpha value is -2.48. The van der Waals surface area contributed by atoms with Crippen molar-refractivity contribution < 1.29 is 39.5 Å². The fraction of sp³-hybridized carbons (Fsp3) is 0.111. The van der Waals surface area contributed by atoms with E-state index in [9.17, 15) is 9.90 Å². The molecular weight excluding hydrogens is 341 g/mol. The Morgan fingerprint density at radius 3 is 2.58 bits per heavy atom. The smallest absolute Gasteiger partial charge is 0.856 e. The van der Waals surface area contributed by atoms with E-state index in [1.54, 1.807) is 0 Å². The summed E-state index contributed by atoms with van der Waals surface area (Å²) in [6.45, 7) is 2.28. The Morgan fingerprint density at radius 2 is 1.88 bits per heavy atom. The Bertz CT molecular complexity index is 892. The van der Waals surface area contributed by atoms with Gasteiger partial charge in [0, 0.05) is 12.4 Å². The number of nitrogens with zero attached hydrogens (tertiary/aromatic N) is 4. The molecule has 0 atom stereocenters. The fourth-order valence-electron chi connectivity index (χ4n) is 2.12. The predicted octanol–water partition coefficient (Wildman–Crippen LogP) is -1.52. The molecule has 2 aromatic carbocycles. The maximum Gasteiger partial charge on any atom is 1.00 e. The largest absolute Gasteiger partial charge is 1.00 e. The van der Waals surface area contributed by atoms with Crippen LogP contribution in [0.2, 0.25) is 0 Å². The van der Waals surface area contributed by atoms with E-state index in [1.807, 2.05) is 61.5 Å². The molecule has 126 valence electrons. The molecule has 0 aliphatic carbocycles. The second-order valence-electron chi connectivity index (χ2n) is 5.46. The number of amides is 1. The van der Waals surface area contributed by atoms with E-state index in [-0.39, 0.29) is 35.3 Å². The number of aromatic nitrogens is 3. The number of rotatable bonds is 5. The van der Waals surface area contributed by atoms with Gasteiger partial charge in [-0.1, -0.05) is 60.2 Å². The van der Waals surface area contributed by atoms with Crippen LogP contribution in [0.4, 0.5) is 0 Å². The zero-order valence-electron chi connectivity index (χ0n) is 14.6. The van der Waals surface area contributed by atoms with Crippen molar-refractivity contribution in [3.05, 3.63) is 77.0 Å². The van der Waals surface area contributed by atoms with Crippen molar-refractivity contribution in [1.29, 1.82) is 0 Å². The zero-order chi connectivity index (χ0) is 17.6. The summed E-state index contributed by atoms with van der Waals surface area (Å²) in [7, 11) is 0. The third kappa shape index (κ3) is 5.01. The molecule has 1 amide bonds. The topological polar surface area (TPSA) is 95.2 Å². The van der Waals surface area contributed by atoms with Crippen LogP contribution in [-0.4, -0.2) is 27.2 Å². The molecule has 0 saturated carbocycles. The average molecular weight is 357 g/mol. The molecule has 0 aliphatic heterocycles. The number of nitrogens with one attached hydrogen (secondary N) is 1. The van der Waals surface area contributed by atoms with E-state index in [4.69, 9.17) is 0 Å². The molecule has 0 unspecified atom stereocenters. The quantitative estimate of drug-likeness (QED) is 0.443. The number of aryl methyl sites for hydroxylation is 1. The zero-order valence-corrected chi connectivity index (χ0v) is 16.6. The first-order chi connectivity index (χ1) is 12.1. The van der Waals surface area contributed by atoms with E-state index >= 15 is 0 Å². The van der Waals surface area contributed by atoms with Crippen LogP contribution in [-0.2, 0) is 6.54 Å². The molecule has 7 nitrogen and oxygen atoms in total. The predicted molar refractivity (Wildman–Crippen MR) is 91.3 cm³/mol. The molecule has 0 aliphatic rings. The molecule has 0 fully saturated rings.